The van der Waals surface area contributed by atoms with Crippen molar-refractivity contribution in [1.29, 1.82) is 0 Å². The summed E-state index contributed by atoms with van der Waals surface area (Å²) in [5.41, 5.74) is 3.19. The summed E-state index contributed by atoms with van der Waals surface area (Å²) in [6, 6.07) is 23.0. The summed E-state index contributed by atoms with van der Waals surface area (Å²) in [5.74, 6) is 0. The first-order chi connectivity index (χ1) is 11.7. The zero-order chi connectivity index (χ0) is 17.4. The number of hydrogen-bond acceptors (Lipinski definition) is 0. The lowest BCUT2D eigenvalue weighted by atomic mass is 9.91. The smallest absolute Gasteiger partial charge is 0.0967 e. The van der Waals surface area contributed by atoms with Crippen molar-refractivity contribution >= 4 is 28.3 Å². The lowest BCUT2D eigenvalue weighted by Gasteiger charge is -2.41. The van der Waals surface area contributed by atoms with Gasteiger partial charge in [-0.05, 0) is 4.28 Å². The Morgan fingerprint density at radius 2 is 1.04 bits per heavy atom. The third-order valence-corrected chi connectivity index (χ3v) is 14.3. The highest BCUT2D eigenvalue weighted by Crippen LogP contribution is 2.43. The van der Waals surface area contributed by atoms with Gasteiger partial charge in [0, 0.05) is 0 Å². The van der Waals surface area contributed by atoms with E-state index in [2.05, 4.69) is 88.4 Å². The van der Waals surface area contributed by atoms with Crippen LogP contribution in [0.4, 0.5) is 0 Å². The second-order valence-corrected chi connectivity index (χ2v) is 14.9. The van der Waals surface area contributed by atoms with Crippen molar-refractivity contribution in [1.82, 2.24) is 0 Å². The van der Waals surface area contributed by atoms with Crippen molar-refractivity contribution in [2.24, 2.45) is 0 Å². The van der Waals surface area contributed by atoms with Gasteiger partial charge in [0.1, 0.15) is 0 Å². The Balaban J connectivity index is 2.67. The number of benzene rings is 2. The zero-order valence-electron chi connectivity index (χ0n) is 16.0. The highest BCUT2D eigenvalue weighted by molar-refractivity contribution is 6.68. The molecule has 2 aromatic carbocycles. The Hall–Kier alpha value is -0.495. The van der Waals surface area contributed by atoms with Crippen LogP contribution in [0.1, 0.15) is 38.8 Å². The largest absolute Gasteiger partial charge is 0.280 e. The molecular formula is C22H32Al2. The van der Waals surface area contributed by atoms with E-state index in [4.69, 9.17) is 0 Å². The topological polar surface area (TPSA) is 0 Å². The SMILES string of the molecule is C[CH2][Al]([CH2]C)[CH2][C](c1ccccc1)(c1ccccc1)[Al]([CH2]C)[CH2]C. The Morgan fingerprint density at radius 3 is 1.38 bits per heavy atom. The van der Waals surface area contributed by atoms with Gasteiger partial charge >= 0.3 is 0 Å². The summed E-state index contributed by atoms with van der Waals surface area (Å²) in [6.45, 7) is 9.73. The fourth-order valence-corrected chi connectivity index (χ4v) is 12.7. The average molecular weight is 350 g/mol. The summed E-state index contributed by atoms with van der Waals surface area (Å²) in [6.07, 6.45) is 0. The Labute approximate surface area is 158 Å². The molecule has 2 aromatic rings. The van der Waals surface area contributed by atoms with Gasteiger partial charge in [0.15, 0.2) is 0 Å². The molecule has 0 bridgehead atoms. The molecule has 2 heteroatoms. The lowest BCUT2D eigenvalue weighted by Crippen LogP contribution is -2.46. The highest BCUT2D eigenvalue weighted by atomic mass is 27.2. The molecule has 24 heavy (non-hydrogen) atoms. The van der Waals surface area contributed by atoms with Crippen molar-refractivity contribution in [2.75, 3.05) is 0 Å². The van der Waals surface area contributed by atoms with Gasteiger partial charge in [-0.15, -0.1) is 0 Å². The van der Waals surface area contributed by atoms with E-state index in [1.165, 1.54) is 26.4 Å². The monoisotopic (exact) mass is 350 g/mol. The highest BCUT2D eigenvalue weighted by Gasteiger charge is 2.45. The van der Waals surface area contributed by atoms with Crippen LogP contribution in [0.3, 0.4) is 0 Å². The van der Waals surface area contributed by atoms with Crippen LogP contribution in [0.5, 0.6) is 0 Å². The summed E-state index contributed by atoms with van der Waals surface area (Å²) in [7, 11) is 0. The van der Waals surface area contributed by atoms with Crippen LogP contribution in [0.25, 0.3) is 0 Å². The first kappa shape index (κ1) is 19.8. The quantitative estimate of drug-likeness (QED) is 0.448. The maximum absolute atomic E-state index is 2.44. The van der Waals surface area contributed by atoms with Crippen molar-refractivity contribution in [3.8, 4) is 0 Å². The molecule has 126 valence electrons. The van der Waals surface area contributed by atoms with Crippen LogP contribution in [0.2, 0.25) is 26.4 Å². The molecule has 0 saturated heterocycles. The van der Waals surface area contributed by atoms with Crippen LogP contribution in [0.15, 0.2) is 60.7 Å². The van der Waals surface area contributed by atoms with E-state index in [0.29, 0.717) is 4.28 Å². The first-order valence-electron chi connectivity index (χ1n) is 9.83. The van der Waals surface area contributed by atoms with E-state index in [1.807, 2.05) is 0 Å². The van der Waals surface area contributed by atoms with Crippen molar-refractivity contribution in [3.63, 3.8) is 0 Å². The molecule has 0 saturated carbocycles. The third-order valence-electron chi connectivity index (χ3n) is 6.03. The third kappa shape index (κ3) is 4.18. The minimum Gasteiger partial charge on any atom is -0.0967 e. The molecule has 0 N–H and O–H groups in total. The van der Waals surface area contributed by atoms with Crippen molar-refractivity contribution in [2.45, 2.75) is 58.4 Å². The molecule has 0 aliphatic carbocycles. The van der Waals surface area contributed by atoms with Crippen LogP contribution >= 0.6 is 0 Å². The van der Waals surface area contributed by atoms with E-state index < -0.39 is 28.3 Å². The summed E-state index contributed by atoms with van der Waals surface area (Å²) < 4.78 is 0.328. The van der Waals surface area contributed by atoms with Crippen LogP contribution < -0.4 is 0 Å². The van der Waals surface area contributed by atoms with Crippen LogP contribution in [0, 0.1) is 0 Å². The van der Waals surface area contributed by atoms with E-state index in [1.54, 1.807) is 11.1 Å². The maximum atomic E-state index is 2.44. The van der Waals surface area contributed by atoms with E-state index in [9.17, 15) is 0 Å². The van der Waals surface area contributed by atoms with Gasteiger partial charge in [-0.25, -0.2) is 0 Å². The second-order valence-electron chi connectivity index (χ2n) is 7.10. The molecule has 0 atom stereocenters. The summed E-state index contributed by atoms with van der Waals surface area (Å²) in [4.78, 5) is 0. The fourth-order valence-electron chi connectivity index (χ4n) is 4.53. The fraction of sp³-hybridized carbons (Fsp3) is 0.455. The molecule has 0 spiro atoms. The molecule has 0 amide bonds. The molecule has 2 rings (SSSR count). The Kier molecular flexibility index (Phi) is 8.14. The average Bonchev–Trinajstić information content (AvgIpc) is 2.66. The molecule has 0 aromatic heterocycles. The van der Waals surface area contributed by atoms with Gasteiger partial charge in [-0.3, -0.25) is 0 Å². The van der Waals surface area contributed by atoms with Gasteiger partial charge in [-0.2, -0.15) is 0 Å². The minimum atomic E-state index is -0.945. The van der Waals surface area contributed by atoms with E-state index in [-0.39, 0.29) is 0 Å². The predicted molar refractivity (Wildman–Crippen MR) is 112 cm³/mol. The molecule has 0 fully saturated rings. The van der Waals surface area contributed by atoms with E-state index >= 15 is 0 Å². The molecule has 0 aliphatic rings. The summed E-state index contributed by atoms with van der Waals surface area (Å²) in [5, 5.41) is 7.06. The molecule has 0 aliphatic heterocycles. The standard InChI is InChI=1S/C14H12.4C2H5.2Al/c1-12(13-8-4-2-5-9-13)14-10-6-3-7-11-14;4*1-2;;/h2-11H,1H2;4*1H2,2H3;;. The van der Waals surface area contributed by atoms with E-state index in [0.717, 1.165) is 0 Å². The predicted octanol–water partition coefficient (Wildman–Crippen LogP) is 6.58. The minimum absolute atomic E-state index is 0.328. The van der Waals surface area contributed by atoms with Crippen molar-refractivity contribution < 1.29 is 0 Å². The van der Waals surface area contributed by atoms with Crippen LogP contribution in [-0.4, -0.2) is 28.3 Å². The maximum Gasteiger partial charge on any atom is 0.280 e. The number of rotatable bonds is 9. The van der Waals surface area contributed by atoms with Gasteiger partial charge in [-0.1, -0.05) is 126 Å². The van der Waals surface area contributed by atoms with Gasteiger partial charge in [0.05, 0.1) is 0 Å². The lowest BCUT2D eigenvalue weighted by molar-refractivity contribution is 0.761. The zero-order valence-corrected chi connectivity index (χ0v) is 18.3. The molecule has 0 heterocycles. The van der Waals surface area contributed by atoms with Gasteiger partial charge in [0.2, 0.25) is 0 Å². The molecule has 0 nitrogen and oxygen atoms in total. The second kappa shape index (κ2) is 9.85. The molecule has 0 unspecified atom stereocenters. The van der Waals surface area contributed by atoms with Crippen LogP contribution in [-0.2, 0) is 4.28 Å². The Morgan fingerprint density at radius 1 is 0.625 bits per heavy atom. The molecular weight excluding hydrogens is 318 g/mol. The first-order valence-corrected chi connectivity index (χ1v) is 14.5. The van der Waals surface area contributed by atoms with Crippen molar-refractivity contribution in [3.05, 3.63) is 71.8 Å². The molecule has 0 radical (unpaired) electrons. The van der Waals surface area contributed by atoms with Gasteiger partial charge in [0.25, 0.3) is 28.3 Å². The normalized spacial score (nSPS) is 11.3. The number of hydrogen-bond donors (Lipinski definition) is 0. The van der Waals surface area contributed by atoms with Gasteiger partial charge < -0.3 is 0 Å². The summed E-state index contributed by atoms with van der Waals surface area (Å²) >= 11 is -1.65. The Bertz CT molecular complexity index is 532.